The highest BCUT2D eigenvalue weighted by atomic mass is 16.5. The standard InChI is InChI=1S/C13H12N2O3/c1-18-13(17)10-6-12(16)15(8-10)11-5-3-2-4-9(11)7-14/h2-5,10H,6,8H2,1H3. The van der Waals surface area contributed by atoms with Gasteiger partial charge < -0.3 is 9.64 Å². The van der Waals surface area contributed by atoms with Crippen LogP contribution >= 0.6 is 0 Å². The van der Waals surface area contributed by atoms with Crippen molar-refractivity contribution in [3.63, 3.8) is 0 Å². The monoisotopic (exact) mass is 244 g/mol. The van der Waals surface area contributed by atoms with Crippen molar-refractivity contribution >= 4 is 17.6 Å². The van der Waals surface area contributed by atoms with E-state index in [1.54, 1.807) is 24.3 Å². The van der Waals surface area contributed by atoms with Gasteiger partial charge >= 0.3 is 5.97 Å². The van der Waals surface area contributed by atoms with E-state index in [2.05, 4.69) is 4.74 Å². The number of nitrogens with zero attached hydrogens (tertiary/aromatic N) is 2. The molecule has 0 saturated carbocycles. The molecule has 0 radical (unpaired) electrons. The maximum Gasteiger partial charge on any atom is 0.311 e. The van der Waals surface area contributed by atoms with Crippen LogP contribution < -0.4 is 4.90 Å². The number of ether oxygens (including phenoxy) is 1. The summed E-state index contributed by atoms with van der Waals surface area (Å²) in [5.74, 6) is -0.998. The largest absolute Gasteiger partial charge is 0.469 e. The number of hydrogen-bond acceptors (Lipinski definition) is 4. The molecule has 18 heavy (non-hydrogen) atoms. The Hall–Kier alpha value is -2.35. The molecule has 0 bridgehead atoms. The van der Waals surface area contributed by atoms with Gasteiger partial charge in [0.05, 0.1) is 24.3 Å². The van der Waals surface area contributed by atoms with Crippen molar-refractivity contribution in [3.8, 4) is 6.07 Å². The third-order valence-corrected chi connectivity index (χ3v) is 2.97. The first kappa shape index (κ1) is 12.1. The van der Waals surface area contributed by atoms with Crippen LogP contribution in [-0.4, -0.2) is 25.5 Å². The third-order valence-electron chi connectivity index (χ3n) is 2.97. The zero-order valence-electron chi connectivity index (χ0n) is 9.92. The lowest BCUT2D eigenvalue weighted by atomic mass is 10.1. The second-order valence-electron chi connectivity index (χ2n) is 4.06. The summed E-state index contributed by atoms with van der Waals surface area (Å²) in [7, 11) is 1.30. The summed E-state index contributed by atoms with van der Waals surface area (Å²) in [6.45, 7) is 0.268. The Balaban J connectivity index is 2.28. The molecule has 1 heterocycles. The molecule has 92 valence electrons. The number of anilines is 1. The maximum atomic E-state index is 11.9. The van der Waals surface area contributed by atoms with Gasteiger partial charge in [0, 0.05) is 13.0 Å². The number of methoxy groups -OCH3 is 1. The summed E-state index contributed by atoms with van der Waals surface area (Å²) < 4.78 is 4.64. The van der Waals surface area contributed by atoms with Gasteiger partial charge in [-0.3, -0.25) is 9.59 Å². The summed E-state index contributed by atoms with van der Waals surface area (Å²) in [5.41, 5.74) is 0.979. The number of carbonyl (C=O) groups excluding carboxylic acids is 2. The topological polar surface area (TPSA) is 70.4 Å². The summed E-state index contributed by atoms with van der Waals surface area (Å²) >= 11 is 0. The van der Waals surface area contributed by atoms with Crippen LogP contribution in [0.1, 0.15) is 12.0 Å². The SMILES string of the molecule is COC(=O)C1CC(=O)N(c2ccccc2C#N)C1. The Morgan fingerprint density at radius 2 is 2.22 bits per heavy atom. The average molecular weight is 244 g/mol. The fourth-order valence-electron chi connectivity index (χ4n) is 2.07. The van der Waals surface area contributed by atoms with Gasteiger partial charge in [0.1, 0.15) is 6.07 Å². The number of para-hydroxylation sites is 1. The molecule has 0 N–H and O–H groups in total. The van der Waals surface area contributed by atoms with E-state index in [0.29, 0.717) is 11.3 Å². The molecule has 1 unspecified atom stereocenters. The molecule has 5 heteroatoms. The van der Waals surface area contributed by atoms with Gasteiger partial charge in [-0.2, -0.15) is 5.26 Å². The van der Waals surface area contributed by atoms with Crippen LogP contribution in [0, 0.1) is 17.2 Å². The highest BCUT2D eigenvalue weighted by Gasteiger charge is 2.36. The van der Waals surface area contributed by atoms with Crippen LogP contribution in [0.25, 0.3) is 0 Å². The normalized spacial score (nSPS) is 18.6. The van der Waals surface area contributed by atoms with Crippen LogP contribution in [0.4, 0.5) is 5.69 Å². The van der Waals surface area contributed by atoms with Crippen molar-refractivity contribution < 1.29 is 14.3 Å². The van der Waals surface area contributed by atoms with E-state index in [1.165, 1.54) is 12.0 Å². The van der Waals surface area contributed by atoms with Gasteiger partial charge in [-0.1, -0.05) is 12.1 Å². The first-order chi connectivity index (χ1) is 8.67. The minimum Gasteiger partial charge on any atom is -0.469 e. The lowest BCUT2D eigenvalue weighted by Gasteiger charge is -2.17. The smallest absolute Gasteiger partial charge is 0.311 e. The molecule has 1 atom stereocenters. The number of hydrogen-bond donors (Lipinski definition) is 0. The van der Waals surface area contributed by atoms with Crippen molar-refractivity contribution in [1.82, 2.24) is 0 Å². The predicted octanol–water partition coefficient (Wildman–Crippen LogP) is 1.08. The summed E-state index contributed by atoms with van der Waals surface area (Å²) in [6.07, 6.45) is 0.131. The molecule has 1 amide bonds. The van der Waals surface area contributed by atoms with E-state index in [4.69, 9.17) is 5.26 Å². The number of benzene rings is 1. The molecular formula is C13H12N2O3. The van der Waals surface area contributed by atoms with Crippen molar-refractivity contribution in [3.05, 3.63) is 29.8 Å². The van der Waals surface area contributed by atoms with Crippen LogP contribution in [0.15, 0.2) is 24.3 Å². The van der Waals surface area contributed by atoms with Crippen LogP contribution in [-0.2, 0) is 14.3 Å². The van der Waals surface area contributed by atoms with Crippen molar-refractivity contribution in [2.75, 3.05) is 18.6 Å². The first-order valence-corrected chi connectivity index (χ1v) is 5.54. The highest BCUT2D eigenvalue weighted by molar-refractivity contribution is 6.00. The van der Waals surface area contributed by atoms with Crippen molar-refractivity contribution in [2.45, 2.75) is 6.42 Å². The van der Waals surface area contributed by atoms with Crippen LogP contribution in [0.2, 0.25) is 0 Å². The zero-order valence-corrected chi connectivity index (χ0v) is 9.92. The molecular weight excluding hydrogens is 232 g/mol. The lowest BCUT2D eigenvalue weighted by Crippen LogP contribution is -2.26. The average Bonchev–Trinajstić information content (AvgIpc) is 2.79. The molecule has 0 aliphatic carbocycles. The van der Waals surface area contributed by atoms with Crippen LogP contribution in [0.5, 0.6) is 0 Å². The minimum atomic E-state index is -0.450. The van der Waals surface area contributed by atoms with E-state index >= 15 is 0 Å². The summed E-state index contributed by atoms with van der Waals surface area (Å²) in [6, 6.07) is 8.89. The van der Waals surface area contributed by atoms with E-state index in [0.717, 1.165) is 0 Å². The fourth-order valence-corrected chi connectivity index (χ4v) is 2.07. The Morgan fingerprint density at radius 3 is 2.89 bits per heavy atom. The quantitative estimate of drug-likeness (QED) is 0.730. The van der Waals surface area contributed by atoms with E-state index in [-0.39, 0.29) is 24.8 Å². The number of nitriles is 1. The molecule has 1 saturated heterocycles. The van der Waals surface area contributed by atoms with Gasteiger partial charge in [0.25, 0.3) is 0 Å². The molecule has 1 fully saturated rings. The van der Waals surface area contributed by atoms with Crippen molar-refractivity contribution in [1.29, 1.82) is 5.26 Å². The number of carbonyl (C=O) groups is 2. The molecule has 1 aromatic rings. The minimum absolute atomic E-state index is 0.131. The van der Waals surface area contributed by atoms with Crippen LogP contribution in [0.3, 0.4) is 0 Å². The molecule has 0 spiro atoms. The molecule has 1 aliphatic rings. The highest BCUT2D eigenvalue weighted by Crippen LogP contribution is 2.28. The Morgan fingerprint density at radius 1 is 1.50 bits per heavy atom. The number of esters is 1. The number of rotatable bonds is 2. The van der Waals surface area contributed by atoms with Gasteiger partial charge in [-0.05, 0) is 12.1 Å². The van der Waals surface area contributed by atoms with Crippen molar-refractivity contribution in [2.24, 2.45) is 5.92 Å². The summed E-state index contributed by atoms with van der Waals surface area (Å²) in [5, 5.41) is 9.01. The Kier molecular flexibility index (Phi) is 3.28. The van der Waals surface area contributed by atoms with Gasteiger partial charge in [0.15, 0.2) is 0 Å². The van der Waals surface area contributed by atoms with Gasteiger partial charge in [0.2, 0.25) is 5.91 Å². The second kappa shape index (κ2) is 4.88. The molecule has 1 aromatic carbocycles. The third kappa shape index (κ3) is 2.05. The second-order valence-corrected chi connectivity index (χ2v) is 4.06. The molecule has 0 aromatic heterocycles. The predicted molar refractivity (Wildman–Crippen MR) is 63.6 cm³/mol. The first-order valence-electron chi connectivity index (χ1n) is 5.54. The Labute approximate surface area is 105 Å². The molecule has 1 aliphatic heterocycles. The van der Waals surface area contributed by atoms with E-state index < -0.39 is 5.92 Å². The zero-order chi connectivity index (χ0) is 13.1. The molecule has 2 rings (SSSR count). The van der Waals surface area contributed by atoms with Gasteiger partial charge in [-0.15, -0.1) is 0 Å². The molecule has 5 nitrogen and oxygen atoms in total. The summed E-state index contributed by atoms with van der Waals surface area (Å²) in [4.78, 5) is 24.8. The Bertz CT molecular complexity index is 533. The van der Waals surface area contributed by atoms with E-state index in [9.17, 15) is 9.59 Å². The number of amides is 1. The van der Waals surface area contributed by atoms with Gasteiger partial charge in [-0.25, -0.2) is 0 Å². The lowest BCUT2D eigenvalue weighted by molar-refractivity contribution is -0.145. The maximum absolute atomic E-state index is 11.9. The van der Waals surface area contributed by atoms with E-state index in [1.807, 2.05) is 6.07 Å². The fraction of sp³-hybridized carbons (Fsp3) is 0.308.